The van der Waals surface area contributed by atoms with Crippen molar-refractivity contribution in [2.45, 2.75) is 46.5 Å². The fourth-order valence-corrected chi connectivity index (χ4v) is 2.77. The molecule has 1 aliphatic rings. The van der Waals surface area contributed by atoms with E-state index in [1.165, 1.54) is 0 Å². The van der Waals surface area contributed by atoms with Gasteiger partial charge < -0.3 is 5.73 Å². The highest BCUT2D eigenvalue weighted by molar-refractivity contribution is 6.02. The summed E-state index contributed by atoms with van der Waals surface area (Å²) in [6.07, 6.45) is 5.83. The molecule has 0 spiro atoms. The number of rotatable bonds is 2. The number of carbonyl (C=O) groups excluding carboxylic acids is 1. The highest BCUT2D eigenvalue weighted by Gasteiger charge is 2.32. The highest BCUT2D eigenvalue weighted by atomic mass is 16.1. The Balaban J connectivity index is 2.18. The van der Waals surface area contributed by atoms with Gasteiger partial charge in [0.1, 0.15) is 5.82 Å². The van der Waals surface area contributed by atoms with Crippen LogP contribution >= 0.6 is 0 Å². The van der Waals surface area contributed by atoms with Crippen molar-refractivity contribution in [1.82, 2.24) is 4.98 Å². The minimum Gasteiger partial charge on any atom is -0.383 e. The molecule has 18 heavy (non-hydrogen) atoms. The van der Waals surface area contributed by atoms with Gasteiger partial charge >= 0.3 is 0 Å². The van der Waals surface area contributed by atoms with Crippen LogP contribution in [0.15, 0.2) is 12.3 Å². The van der Waals surface area contributed by atoms with Gasteiger partial charge in [-0.05, 0) is 49.7 Å². The molecule has 3 heteroatoms. The van der Waals surface area contributed by atoms with Crippen molar-refractivity contribution in [1.29, 1.82) is 0 Å². The van der Waals surface area contributed by atoms with Gasteiger partial charge in [0.2, 0.25) is 0 Å². The zero-order valence-electron chi connectivity index (χ0n) is 11.5. The number of hydrogen-bond donors (Lipinski definition) is 1. The first-order valence-corrected chi connectivity index (χ1v) is 6.66. The number of nitrogens with two attached hydrogens (primary N) is 1. The van der Waals surface area contributed by atoms with Crippen LogP contribution in [0.5, 0.6) is 0 Å². The predicted molar refractivity (Wildman–Crippen MR) is 73.5 cm³/mol. The first-order chi connectivity index (χ1) is 8.41. The number of pyridine rings is 1. The van der Waals surface area contributed by atoms with E-state index in [4.69, 9.17) is 5.73 Å². The second-order valence-electron chi connectivity index (χ2n) is 6.19. The van der Waals surface area contributed by atoms with E-state index in [9.17, 15) is 4.79 Å². The molecule has 1 aliphatic carbocycles. The Labute approximate surface area is 109 Å². The zero-order chi connectivity index (χ0) is 13.3. The smallest absolute Gasteiger partial charge is 0.169 e. The standard InChI is InChI=1S/C15H22N2O/c1-10-6-9-17-14(16)12(10)13(18)11-4-7-15(2,3)8-5-11/h6,9,11H,4-5,7-8H2,1-3H3,(H2,16,17). The fraction of sp³-hybridized carbons (Fsp3) is 0.600. The zero-order valence-corrected chi connectivity index (χ0v) is 11.5. The Morgan fingerprint density at radius 1 is 1.39 bits per heavy atom. The second-order valence-corrected chi connectivity index (χ2v) is 6.19. The lowest BCUT2D eigenvalue weighted by molar-refractivity contribution is 0.0838. The van der Waals surface area contributed by atoms with Gasteiger partial charge in [0, 0.05) is 12.1 Å². The molecule has 0 unspecified atom stereocenters. The normalized spacial score (nSPS) is 19.7. The third-order valence-corrected chi connectivity index (χ3v) is 4.14. The van der Waals surface area contributed by atoms with Gasteiger partial charge in [-0.25, -0.2) is 4.98 Å². The highest BCUT2D eigenvalue weighted by Crippen LogP contribution is 2.39. The Morgan fingerprint density at radius 3 is 2.56 bits per heavy atom. The van der Waals surface area contributed by atoms with Crippen molar-refractivity contribution in [3.8, 4) is 0 Å². The lowest BCUT2D eigenvalue weighted by Crippen LogP contribution is -2.27. The van der Waals surface area contributed by atoms with Crippen LogP contribution in [0.4, 0.5) is 5.82 Å². The maximum absolute atomic E-state index is 12.5. The summed E-state index contributed by atoms with van der Waals surface area (Å²) in [6, 6.07) is 1.86. The van der Waals surface area contributed by atoms with Crippen LogP contribution in [0.1, 0.15) is 55.5 Å². The van der Waals surface area contributed by atoms with E-state index >= 15 is 0 Å². The quantitative estimate of drug-likeness (QED) is 0.814. The Bertz CT molecular complexity index is 435. The van der Waals surface area contributed by atoms with Gasteiger partial charge in [-0.1, -0.05) is 13.8 Å². The van der Waals surface area contributed by atoms with Crippen molar-refractivity contribution in [3.05, 3.63) is 23.4 Å². The number of aromatic nitrogens is 1. The van der Waals surface area contributed by atoms with E-state index in [2.05, 4.69) is 18.8 Å². The lowest BCUT2D eigenvalue weighted by Gasteiger charge is -2.33. The number of nitrogens with zero attached hydrogens (tertiary/aromatic N) is 1. The van der Waals surface area contributed by atoms with Crippen molar-refractivity contribution >= 4 is 11.6 Å². The average molecular weight is 246 g/mol. The molecule has 0 amide bonds. The van der Waals surface area contributed by atoms with E-state index in [0.717, 1.165) is 31.2 Å². The van der Waals surface area contributed by atoms with E-state index in [0.29, 0.717) is 16.8 Å². The van der Waals surface area contributed by atoms with E-state index in [1.54, 1.807) is 6.20 Å². The van der Waals surface area contributed by atoms with Crippen molar-refractivity contribution in [2.24, 2.45) is 11.3 Å². The maximum atomic E-state index is 12.5. The summed E-state index contributed by atoms with van der Waals surface area (Å²) in [5, 5.41) is 0. The summed E-state index contributed by atoms with van der Waals surface area (Å²) >= 11 is 0. The summed E-state index contributed by atoms with van der Waals surface area (Å²) in [6.45, 7) is 6.48. The Hall–Kier alpha value is -1.38. The molecule has 1 saturated carbocycles. The van der Waals surface area contributed by atoms with Gasteiger partial charge in [-0.2, -0.15) is 0 Å². The molecule has 1 aromatic rings. The van der Waals surface area contributed by atoms with Crippen molar-refractivity contribution < 1.29 is 4.79 Å². The van der Waals surface area contributed by atoms with Crippen LogP contribution in [0.25, 0.3) is 0 Å². The lowest BCUT2D eigenvalue weighted by atomic mass is 9.71. The molecule has 2 rings (SSSR count). The summed E-state index contributed by atoms with van der Waals surface area (Å²) in [7, 11) is 0. The van der Waals surface area contributed by atoms with E-state index in [1.807, 2.05) is 13.0 Å². The second kappa shape index (κ2) is 4.71. The van der Waals surface area contributed by atoms with Crippen LogP contribution in [0.2, 0.25) is 0 Å². The molecule has 1 fully saturated rings. The van der Waals surface area contributed by atoms with E-state index < -0.39 is 0 Å². The molecular weight excluding hydrogens is 224 g/mol. The topological polar surface area (TPSA) is 56.0 Å². The number of ketones is 1. The van der Waals surface area contributed by atoms with E-state index in [-0.39, 0.29) is 11.7 Å². The summed E-state index contributed by atoms with van der Waals surface area (Å²) in [5.74, 6) is 0.696. The third-order valence-electron chi connectivity index (χ3n) is 4.14. The SMILES string of the molecule is Cc1ccnc(N)c1C(=O)C1CCC(C)(C)CC1. The van der Waals surface area contributed by atoms with Gasteiger partial charge in [0.25, 0.3) is 0 Å². The van der Waals surface area contributed by atoms with Gasteiger partial charge in [0.05, 0.1) is 5.56 Å². The predicted octanol–water partition coefficient (Wildman–Crippen LogP) is 3.37. The fourth-order valence-electron chi connectivity index (χ4n) is 2.77. The number of carbonyl (C=O) groups is 1. The molecule has 0 bridgehead atoms. The first kappa shape index (κ1) is 13.1. The summed E-state index contributed by atoms with van der Waals surface area (Å²) < 4.78 is 0. The molecule has 0 aromatic carbocycles. The molecule has 3 nitrogen and oxygen atoms in total. The summed E-state index contributed by atoms with van der Waals surface area (Å²) in [5.41, 5.74) is 7.81. The third kappa shape index (κ3) is 2.55. The molecule has 1 aromatic heterocycles. The molecule has 0 radical (unpaired) electrons. The number of nitrogen functional groups attached to an aromatic ring is 1. The Kier molecular flexibility index (Phi) is 3.42. The Morgan fingerprint density at radius 2 is 2.00 bits per heavy atom. The average Bonchev–Trinajstić information content (AvgIpc) is 2.28. The minimum atomic E-state index is 0.128. The van der Waals surface area contributed by atoms with Crippen LogP contribution < -0.4 is 5.73 Å². The largest absolute Gasteiger partial charge is 0.383 e. The first-order valence-electron chi connectivity index (χ1n) is 6.66. The number of aryl methyl sites for hydroxylation is 1. The molecule has 98 valence electrons. The number of Topliss-reactive ketones (excluding diaryl/α,β-unsaturated/α-hetero) is 1. The molecule has 0 saturated heterocycles. The van der Waals surface area contributed by atoms with Gasteiger partial charge in [0.15, 0.2) is 5.78 Å². The number of anilines is 1. The maximum Gasteiger partial charge on any atom is 0.169 e. The van der Waals surface area contributed by atoms with Crippen molar-refractivity contribution in [3.63, 3.8) is 0 Å². The monoisotopic (exact) mass is 246 g/mol. The molecular formula is C15H22N2O. The molecule has 0 atom stereocenters. The molecule has 0 aliphatic heterocycles. The molecule has 2 N–H and O–H groups in total. The summed E-state index contributed by atoms with van der Waals surface area (Å²) in [4.78, 5) is 16.6. The molecule has 1 heterocycles. The van der Waals surface area contributed by atoms with Crippen LogP contribution in [-0.2, 0) is 0 Å². The van der Waals surface area contributed by atoms with Crippen LogP contribution in [0.3, 0.4) is 0 Å². The number of hydrogen-bond acceptors (Lipinski definition) is 3. The van der Waals surface area contributed by atoms with Crippen LogP contribution in [-0.4, -0.2) is 10.8 Å². The van der Waals surface area contributed by atoms with Gasteiger partial charge in [-0.3, -0.25) is 4.79 Å². The van der Waals surface area contributed by atoms with Gasteiger partial charge in [-0.15, -0.1) is 0 Å². The van der Waals surface area contributed by atoms with Crippen LogP contribution in [0, 0.1) is 18.3 Å². The minimum absolute atomic E-state index is 0.128. The van der Waals surface area contributed by atoms with Crippen molar-refractivity contribution in [2.75, 3.05) is 5.73 Å².